The molecular weight excluding hydrogens is 379 g/mol. The molecule has 0 bridgehead atoms. The van der Waals surface area contributed by atoms with E-state index in [0.717, 1.165) is 29.0 Å². The summed E-state index contributed by atoms with van der Waals surface area (Å²) in [5, 5.41) is 2.74. The highest BCUT2D eigenvalue weighted by Crippen LogP contribution is 2.29. The van der Waals surface area contributed by atoms with Crippen LogP contribution >= 0.6 is 0 Å². The molecule has 0 spiro atoms. The number of hydrogen-bond acceptors (Lipinski definition) is 2. The lowest BCUT2D eigenvalue weighted by Crippen LogP contribution is -2.15. The fraction of sp³-hybridized carbons (Fsp3) is 0.0909. The van der Waals surface area contributed by atoms with Crippen LogP contribution in [0.5, 0.6) is 0 Å². The van der Waals surface area contributed by atoms with Crippen LogP contribution in [0.3, 0.4) is 0 Å². The Morgan fingerprint density at radius 1 is 1.00 bits per heavy atom. The lowest BCUT2D eigenvalue weighted by atomic mass is 10.1. The first-order valence-electron chi connectivity index (χ1n) is 8.89. The maximum Gasteiger partial charge on any atom is 0.416 e. The number of pyridine rings is 1. The van der Waals surface area contributed by atoms with Gasteiger partial charge >= 0.3 is 6.18 Å². The second-order valence-corrected chi connectivity index (χ2v) is 6.60. The molecule has 1 N–H and O–H groups in total. The molecular formula is C22H16F3N3O. The highest BCUT2D eigenvalue weighted by atomic mass is 19.4. The van der Waals surface area contributed by atoms with Crippen molar-refractivity contribution in [3.8, 4) is 11.3 Å². The Balaban J connectivity index is 1.50. The molecule has 0 radical (unpaired) electrons. The summed E-state index contributed by atoms with van der Waals surface area (Å²) in [6.07, 6.45) is -0.803. The first-order chi connectivity index (χ1) is 13.9. The van der Waals surface area contributed by atoms with E-state index >= 15 is 0 Å². The van der Waals surface area contributed by atoms with Crippen molar-refractivity contribution in [1.29, 1.82) is 0 Å². The van der Waals surface area contributed by atoms with E-state index in [1.54, 1.807) is 18.2 Å². The minimum atomic E-state index is -4.44. The largest absolute Gasteiger partial charge is 0.416 e. The summed E-state index contributed by atoms with van der Waals surface area (Å²) in [6.45, 7) is 0. The van der Waals surface area contributed by atoms with Crippen LogP contribution in [0, 0.1) is 0 Å². The number of carbonyl (C=O) groups is 1. The summed E-state index contributed by atoms with van der Waals surface area (Å²) >= 11 is 0. The number of rotatable bonds is 4. The van der Waals surface area contributed by atoms with E-state index in [1.165, 1.54) is 12.1 Å². The van der Waals surface area contributed by atoms with Crippen LogP contribution in [0.15, 0.2) is 79.1 Å². The van der Waals surface area contributed by atoms with E-state index in [0.29, 0.717) is 11.3 Å². The summed E-state index contributed by atoms with van der Waals surface area (Å²) in [6, 6.07) is 17.7. The number of imidazole rings is 1. The topological polar surface area (TPSA) is 46.4 Å². The van der Waals surface area contributed by atoms with Gasteiger partial charge in [-0.15, -0.1) is 0 Å². The van der Waals surface area contributed by atoms with E-state index in [9.17, 15) is 18.0 Å². The van der Waals surface area contributed by atoms with Crippen molar-refractivity contribution in [2.75, 3.05) is 5.32 Å². The number of nitrogens with one attached hydrogen (secondary N) is 1. The zero-order valence-electron chi connectivity index (χ0n) is 15.1. The SMILES string of the molecule is O=C(Cc1cccc(C(F)(F)F)c1)Nc1cccc(-c2cn3ccccc3n2)c1. The molecule has 0 fully saturated rings. The van der Waals surface area contributed by atoms with Crippen molar-refractivity contribution >= 4 is 17.2 Å². The van der Waals surface area contributed by atoms with E-state index in [2.05, 4.69) is 10.3 Å². The second-order valence-electron chi connectivity index (χ2n) is 6.60. The molecule has 2 aromatic heterocycles. The minimum Gasteiger partial charge on any atom is -0.326 e. The molecule has 0 saturated heterocycles. The summed E-state index contributed by atoms with van der Waals surface area (Å²) in [5.41, 5.74) is 2.47. The van der Waals surface area contributed by atoms with Crippen molar-refractivity contribution < 1.29 is 18.0 Å². The van der Waals surface area contributed by atoms with Crippen LogP contribution in [0.25, 0.3) is 16.9 Å². The maximum absolute atomic E-state index is 12.8. The number of hydrogen-bond donors (Lipinski definition) is 1. The van der Waals surface area contributed by atoms with Crippen LogP contribution in [0.4, 0.5) is 18.9 Å². The Morgan fingerprint density at radius 3 is 2.62 bits per heavy atom. The fourth-order valence-corrected chi connectivity index (χ4v) is 3.08. The van der Waals surface area contributed by atoms with Gasteiger partial charge in [0.05, 0.1) is 17.7 Å². The summed E-state index contributed by atoms with van der Waals surface area (Å²) < 4.78 is 40.4. The Morgan fingerprint density at radius 2 is 1.83 bits per heavy atom. The van der Waals surface area contributed by atoms with Crippen molar-refractivity contribution in [2.45, 2.75) is 12.6 Å². The van der Waals surface area contributed by atoms with Crippen molar-refractivity contribution in [2.24, 2.45) is 0 Å². The minimum absolute atomic E-state index is 0.150. The third-order valence-electron chi connectivity index (χ3n) is 4.43. The van der Waals surface area contributed by atoms with Gasteiger partial charge in [0.2, 0.25) is 5.91 Å². The normalized spacial score (nSPS) is 11.6. The Labute approximate surface area is 164 Å². The lowest BCUT2D eigenvalue weighted by Gasteiger charge is -2.09. The monoisotopic (exact) mass is 395 g/mol. The molecule has 4 aromatic rings. The zero-order chi connectivity index (χ0) is 20.4. The quantitative estimate of drug-likeness (QED) is 0.516. The Kier molecular flexibility index (Phi) is 4.80. The molecule has 0 saturated carbocycles. The van der Waals surface area contributed by atoms with Crippen LogP contribution in [0.2, 0.25) is 0 Å². The lowest BCUT2D eigenvalue weighted by molar-refractivity contribution is -0.137. The number of halogens is 3. The van der Waals surface area contributed by atoms with Crippen LogP contribution in [-0.2, 0) is 17.4 Å². The van der Waals surface area contributed by atoms with Gasteiger partial charge in [-0.05, 0) is 35.9 Å². The van der Waals surface area contributed by atoms with E-state index in [-0.39, 0.29) is 6.42 Å². The smallest absolute Gasteiger partial charge is 0.326 e. The number of fused-ring (bicyclic) bond motifs is 1. The Bertz CT molecular complexity index is 1150. The molecule has 4 rings (SSSR count). The first-order valence-corrected chi connectivity index (χ1v) is 8.89. The third kappa shape index (κ3) is 4.29. The molecule has 0 aliphatic heterocycles. The van der Waals surface area contributed by atoms with Gasteiger partial charge in [0, 0.05) is 23.6 Å². The molecule has 0 unspecified atom stereocenters. The predicted molar refractivity (Wildman–Crippen MR) is 104 cm³/mol. The molecule has 146 valence electrons. The molecule has 0 aliphatic rings. The number of amides is 1. The highest BCUT2D eigenvalue weighted by Gasteiger charge is 2.30. The van der Waals surface area contributed by atoms with Crippen molar-refractivity contribution in [1.82, 2.24) is 9.38 Å². The molecule has 0 atom stereocenters. The maximum atomic E-state index is 12.8. The Hall–Kier alpha value is -3.61. The zero-order valence-corrected chi connectivity index (χ0v) is 15.1. The van der Waals surface area contributed by atoms with Gasteiger partial charge in [-0.2, -0.15) is 13.2 Å². The standard InChI is InChI=1S/C22H16F3N3O/c23-22(24,25)17-7-3-5-15(11-17)12-21(29)26-18-8-4-6-16(13-18)19-14-28-10-2-1-9-20(28)27-19/h1-11,13-14H,12H2,(H,26,29). The first kappa shape index (κ1) is 18.7. The number of carbonyl (C=O) groups excluding carboxylic acids is 1. The van der Waals surface area contributed by atoms with E-state index in [4.69, 9.17) is 0 Å². The third-order valence-corrected chi connectivity index (χ3v) is 4.43. The van der Waals surface area contributed by atoms with Gasteiger partial charge in [-0.1, -0.05) is 36.4 Å². The van der Waals surface area contributed by atoms with Gasteiger partial charge in [-0.3, -0.25) is 4.79 Å². The average Bonchev–Trinajstić information content (AvgIpc) is 3.12. The number of benzene rings is 2. The molecule has 4 nitrogen and oxygen atoms in total. The number of nitrogens with zero attached hydrogens (tertiary/aromatic N) is 2. The summed E-state index contributed by atoms with van der Waals surface area (Å²) in [5.74, 6) is -0.392. The number of anilines is 1. The molecule has 7 heteroatoms. The molecule has 29 heavy (non-hydrogen) atoms. The van der Waals surface area contributed by atoms with Gasteiger partial charge in [0.1, 0.15) is 5.65 Å². The van der Waals surface area contributed by atoms with Crippen molar-refractivity contribution in [3.63, 3.8) is 0 Å². The van der Waals surface area contributed by atoms with E-state index < -0.39 is 17.6 Å². The molecule has 2 heterocycles. The van der Waals surface area contributed by atoms with E-state index in [1.807, 2.05) is 41.1 Å². The van der Waals surface area contributed by atoms with Crippen LogP contribution in [-0.4, -0.2) is 15.3 Å². The number of aromatic nitrogens is 2. The van der Waals surface area contributed by atoms with Gasteiger partial charge < -0.3 is 9.72 Å². The van der Waals surface area contributed by atoms with Crippen LogP contribution in [0.1, 0.15) is 11.1 Å². The van der Waals surface area contributed by atoms with Gasteiger partial charge in [0.25, 0.3) is 0 Å². The van der Waals surface area contributed by atoms with Gasteiger partial charge in [-0.25, -0.2) is 4.98 Å². The van der Waals surface area contributed by atoms with Crippen molar-refractivity contribution in [3.05, 3.63) is 90.3 Å². The molecule has 1 amide bonds. The van der Waals surface area contributed by atoms with Gasteiger partial charge in [0.15, 0.2) is 0 Å². The number of alkyl halides is 3. The average molecular weight is 395 g/mol. The fourth-order valence-electron chi connectivity index (χ4n) is 3.08. The summed E-state index contributed by atoms with van der Waals surface area (Å²) in [7, 11) is 0. The predicted octanol–water partition coefficient (Wildman–Crippen LogP) is 5.20. The van der Waals surface area contributed by atoms with Crippen LogP contribution < -0.4 is 5.32 Å². The summed E-state index contributed by atoms with van der Waals surface area (Å²) in [4.78, 5) is 16.9. The molecule has 0 aliphatic carbocycles. The highest BCUT2D eigenvalue weighted by molar-refractivity contribution is 5.93. The molecule has 2 aromatic carbocycles. The second kappa shape index (κ2) is 7.43.